The topological polar surface area (TPSA) is 79.5 Å². The summed E-state index contributed by atoms with van der Waals surface area (Å²) in [5.41, 5.74) is 4.23. The number of carbonyl (C=O) groups excluding carboxylic acids is 1. The Morgan fingerprint density at radius 3 is 2.53 bits per heavy atom. The molecule has 0 fully saturated rings. The van der Waals surface area contributed by atoms with Crippen LogP contribution in [0.4, 0.5) is 10.8 Å². The number of aromatic nitrogens is 1. The Kier molecular flexibility index (Phi) is 5.67. The summed E-state index contributed by atoms with van der Waals surface area (Å²) in [5, 5.41) is 16.6. The minimum Gasteiger partial charge on any atom is -0.494 e. The number of amides is 1. The second kappa shape index (κ2) is 8.54. The van der Waals surface area contributed by atoms with Crippen LogP contribution in [0.2, 0.25) is 0 Å². The quantitative estimate of drug-likeness (QED) is 0.502. The van der Waals surface area contributed by atoms with Gasteiger partial charge in [0.2, 0.25) is 5.13 Å². The van der Waals surface area contributed by atoms with Crippen molar-refractivity contribution in [3.8, 4) is 17.0 Å². The zero-order valence-corrected chi connectivity index (χ0v) is 17.8. The van der Waals surface area contributed by atoms with E-state index < -0.39 is 6.04 Å². The highest BCUT2D eigenvalue weighted by molar-refractivity contribution is 7.14. The van der Waals surface area contributed by atoms with Crippen LogP contribution < -0.4 is 9.75 Å². The molecule has 0 saturated carbocycles. The third-order valence-electron chi connectivity index (χ3n) is 4.55. The predicted molar refractivity (Wildman–Crippen MR) is 119 cm³/mol. The van der Waals surface area contributed by atoms with E-state index in [1.54, 1.807) is 19.1 Å². The number of carbonyl (C=O) groups is 1. The lowest BCUT2D eigenvalue weighted by Gasteiger charge is -2.08. The van der Waals surface area contributed by atoms with E-state index in [1.165, 1.54) is 21.9 Å². The van der Waals surface area contributed by atoms with Gasteiger partial charge in [0.1, 0.15) is 5.75 Å². The summed E-state index contributed by atoms with van der Waals surface area (Å²) >= 11 is 1.38. The monoisotopic (exact) mass is 419 g/mol. The molecule has 3 aromatic rings. The van der Waals surface area contributed by atoms with Gasteiger partial charge in [0.15, 0.2) is 6.04 Å². The molecule has 2 heterocycles. The number of azo groups is 1. The fourth-order valence-electron chi connectivity index (χ4n) is 2.94. The first-order valence-corrected chi connectivity index (χ1v) is 10.5. The molecule has 4 rings (SSSR count). The van der Waals surface area contributed by atoms with E-state index in [9.17, 15) is 4.79 Å². The molecule has 1 amide bonds. The van der Waals surface area contributed by atoms with Gasteiger partial charge in [-0.25, -0.2) is 4.98 Å². The second-order valence-corrected chi connectivity index (χ2v) is 7.65. The Morgan fingerprint density at radius 2 is 1.83 bits per heavy atom. The van der Waals surface area contributed by atoms with Crippen LogP contribution in [0, 0.1) is 6.92 Å². The number of nitrogens with zero attached hydrogens (tertiary/aromatic N) is 5. The first-order valence-electron chi connectivity index (χ1n) is 9.60. The maximum absolute atomic E-state index is 12.9. The van der Waals surface area contributed by atoms with E-state index in [4.69, 9.17) is 4.74 Å². The van der Waals surface area contributed by atoms with Crippen LogP contribution in [-0.2, 0) is 4.79 Å². The number of hydrazone groups is 1. The lowest BCUT2D eigenvalue weighted by Crippen LogP contribution is -2.29. The third-order valence-corrected chi connectivity index (χ3v) is 5.37. The van der Waals surface area contributed by atoms with Gasteiger partial charge in [-0.15, -0.1) is 11.3 Å². The van der Waals surface area contributed by atoms with Crippen molar-refractivity contribution in [1.82, 2.24) is 4.98 Å². The number of ether oxygens (including phenoxy) is 1. The highest BCUT2D eigenvalue weighted by Gasteiger charge is 2.36. The Hall–Kier alpha value is -3.39. The van der Waals surface area contributed by atoms with E-state index in [-0.39, 0.29) is 5.91 Å². The van der Waals surface area contributed by atoms with Gasteiger partial charge in [-0.05, 0) is 45.0 Å². The van der Waals surface area contributed by atoms with Crippen molar-refractivity contribution in [2.75, 3.05) is 11.6 Å². The zero-order chi connectivity index (χ0) is 21.1. The molecule has 0 saturated heterocycles. The fourth-order valence-corrected chi connectivity index (χ4v) is 3.73. The van der Waals surface area contributed by atoms with Crippen LogP contribution in [0.15, 0.2) is 69.2 Å². The highest BCUT2D eigenvalue weighted by Crippen LogP contribution is 2.31. The SMILES string of the molecule is CCOc1ccc(N=N[C@@H]2C(=O)N(c3nc(-c4ccc(C)cc4)cs3)N=C2C)cc1. The molecule has 1 aliphatic rings. The number of aryl methyl sites for hydroxylation is 1. The summed E-state index contributed by atoms with van der Waals surface area (Å²) in [5.74, 6) is 0.512. The molecule has 0 N–H and O–H groups in total. The number of hydrogen-bond acceptors (Lipinski definition) is 7. The molecular formula is C22H21N5O2S. The van der Waals surface area contributed by atoms with E-state index in [1.807, 2.05) is 55.6 Å². The molecule has 1 atom stereocenters. The molecule has 0 aliphatic carbocycles. The molecule has 7 nitrogen and oxygen atoms in total. The molecule has 0 spiro atoms. The fraction of sp³-hybridized carbons (Fsp3) is 0.227. The average Bonchev–Trinajstić information content (AvgIpc) is 3.33. The first kappa shape index (κ1) is 19.9. The van der Waals surface area contributed by atoms with Crippen LogP contribution in [0.5, 0.6) is 5.75 Å². The number of thiazole rings is 1. The molecule has 8 heteroatoms. The molecule has 0 unspecified atom stereocenters. The van der Waals surface area contributed by atoms with Gasteiger partial charge in [0.25, 0.3) is 5.91 Å². The standard InChI is InChI=1S/C22H21N5O2S/c1-4-29-18-11-9-17(10-12-18)24-25-20-15(3)26-27(21(20)28)22-23-19(13-30-22)16-7-5-14(2)6-8-16/h5-13,20H,4H2,1-3H3/t20-/m0/s1. The van der Waals surface area contributed by atoms with Crippen LogP contribution in [0.1, 0.15) is 19.4 Å². The van der Waals surface area contributed by atoms with Crippen LogP contribution >= 0.6 is 11.3 Å². The molecular weight excluding hydrogens is 398 g/mol. The molecule has 0 radical (unpaired) electrons. The van der Waals surface area contributed by atoms with Gasteiger partial charge in [-0.3, -0.25) is 4.79 Å². The molecule has 1 aromatic heterocycles. The van der Waals surface area contributed by atoms with Crippen molar-refractivity contribution >= 4 is 33.8 Å². The van der Waals surface area contributed by atoms with Crippen molar-refractivity contribution in [3.05, 3.63) is 59.5 Å². The van der Waals surface area contributed by atoms with Crippen molar-refractivity contribution in [2.45, 2.75) is 26.8 Å². The van der Waals surface area contributed by atoms with Gasteiger partial charge in [-0.1, -0.05) is 29.8 Å². The van der Waals surface area contributed by atoms with Crippen molar-refractivity contribution < 1.29 is 9.53 Å². The minimum absolute atomic E-state index is 0.257. The first-order chi connectivity index (χ1) is 14.5. The van der Waals surface area contributed by atoms with Crippen molar-refractivity contribution in [3.63, 3.8) is 0 Å². The van der Waals surface area contributed by atoms with E-state index in [0.717, 1.165) is 17.0 Å². The lowest BCUT2D eigenvalue weighted by molar-refractivity contribution is -0.117. The summed E-state index contributed by atoms with van der Waals surface area (Å²) in [6, 6.07) is 14.6. The summed E-state index contributed by atoms with van der Waals surface area (Å²) in [6.07, 6.45) is 0. The smallest absolute Gasteiger partial charge is 0.282 e. The Morgan fingerprint density at radius 1 is 1.10 bits per heavy atom. The van der Waals surface area contributed by atoms with E-state index in [2.05, 4.69) is 20.3 Å². The number of rotatable bonds is 6. The Balaban J connectivity index is 1.49. The maximum Gasteiger partial charge on any atom is 0.282 e. The molecule has 0 bridgehead atoms. The number of anilines is 1. The van der Waals surface area contributed by atoms with Gasteiger partial charge in [0.05, 0.1) is 23.7 Å². The maximum atomic E-state index is 12.9. The van der Waals surface area contributed by atoms with Crippen LogP contribution in [-0.4, -0.2) is 29.3 Å². The summed E-state index contributed by atoms with van der Waals surface area (Å²) < 4.78 is 5.42. The second-order valence-electron chi connectivity index (χ2n) is 6.82. The summed E-state index contributed by atoms with van der Waals surface area (Å²) in [4.78, 5) is 17.5. The minimum atomic E-state index is -0.747. The van der Waals surface area contributed by atoms with Gasteiger partial charge >= 0.3 is 0 Å². The summed E-state index contributed by atoms with van der Waals surface area (Å²) in [7, 11) is 0. The average molecular weight is 420 g/mol. The van der Waals surface area contributed by atoms with Crippen molar-refractivity contribution in [1.29, 1.82) is 0 Å². The number of benzene rings is 2. The molecule has 1 aliphatic heterocycles. The van der Waals surface area contributed by atoms with Gasteiger partial charge in [-0.2, -0.15) is 20.3 Å². The predicted octanol–water partition coefficient (Wildman–Crippen LogP) is 5.39. The van der Waals surface area contributed by atoms with Crippen LogP contribution in [0.3, 0.4) is 0 Å². The Bertz CT molecular complexity index is 1100. The number of hydrogen-bond donors (Lipinski definition) is 0. The summed E-state index contributed by atoms with van der Waals surface area (Å²) in [6.45, 7) is 6.34. The van der Waals surface area contributed by atoms with Gasteiger partial charge < -0.3 is 4.74 Å². The van der Waals surface area contributed by atoms with E-state index >= 15 is 0 Å². The largest absolute Gasteiger partial charge is 0.494 e. The highest BCUT2D eigenvalue weighted by atomic mass is 32.1. The normalized spacial score (nSPS) is 16.4. The Labute approximate surface area is 178 Å². The zero-order valence-electron chi connectivity index (χ0n) is 16.9. The van der Waals surface area contributed by atoms with Crippen molar-refractivity contribution in [2.24, 2.45) is 15.3 Å². The molecule has 152 valence electrons. The van der Waals surface area contributed by atoms with E-state index in [0.29, 0.717) is 23.1 Å². The van der Waals surface area contributed by atoms with Gasteiger partial charge in [0, 0.05) is 10.9 Å². The van der Waals surface area contributed by atoms with Crippen LogP contribution in [0.25, 0.3) is 11.3 Å². The lowest BCUT2D eigenvalue weighted by atomic mass is 10.1. The third kappa shape index (κ3) is 4.13. The molecule has 30 heavy (non-hydrogen) atoms. The molecule has 2 aromatic carbocycles.